The lowest BCUT2D eigenvalue weighted by Gasteiger charge is -2.13. The molecule has 0 saturated heterocycles. The molecular weight excluding hydrogens is 392 g/mol. The molecule has 4 aromatic rings. The smallest absolute Gasteiger partial charge is 0.257 e. The average molecular weight is 409 g/mol. The van der Waals surface area contributed by atoms with Crippen molar-refractivity contribution in [3.05, 3.63) is 65.5 Å². The summed E-state index contributed by atoms with van der Waals surface area (Å²) >= 11 is 6.78. The van der Waals surface area contributed by atoms with Gasteiger partial charge in [0.1, 0.15) is 5.01 Å². The Hall–Kier alpha value is -3.17. The quantitative estimate of drug-likeness (QED) is 0.504. The summed E-state index contributed by atoms with van der Waals surface area (Å²) in [5.41, 5.74) is 3.30. The van der Waals surface area contributed by atoms with Crippen LogP contribution in [-0.4, -0.2) is 30.8 Å². The third kappa shape index (κ3) is 3.49. The summed E-state index contributed by atoms with van der Waals surface area (Å²) in [5.74, 6) is 0.491. The molecule has 9 heteroatoms. The summed E-state index contributed by atoms with van der Waals surface area (Å²) in [5, 5.41) is 19.6. The van der Waals surface area contributed by atoms with Gasteiger partial charge in [-0.2, -0.15) is 9.61 Å². The fraction of sp³-hybridized carbons (Fsp3) is 0.105. The largest absolute Gasteiger partial charge is 0.332 e. The Labute approximate surface area is 170 Å². The minimum Gasteiger partial charge on any atom is -0.332 e. The van der Waals surface area contributed by atoms with E-state index in [1.807, 2.05) is 38.1 Å². The van der Waals surface area contributed by atoms with Crippen LogP contribution in [0.4, 0.5) is 5.69 Å². The number of carbonyl (C=O) groups is 1. The zero-order valence-electron chi connectivity index (χ0n) is 15.1. The first-order valence-corrected chi connectivity index (χ1v) is 9.71. The van der Waals surface area contributed by atoms with Crippen LogP contribution in [0.25, 0.3) is 15.5 Å². The van der Waals surface area contributed by atoms with Gasteiger partial charge in [0.25, 0.3) is 5.91 Å². The molecule has 0 spiro atoms. The first kappa shape index (κ1) is 18.2. The van der Waals surface area contributed by atoms with Gasteiger partial charge < -0.3 is 5.32 Å². The van der Waals surface area contributed by atoms with Crippen molar-refractivity contribution in [3.63, 3.8) is 0 Å². The van der Waals surface area contributed by atoms with Crippen molar-refractivity contribution in [2.75, 3.05) is 5.32 Å². The van der Waals surface area contributed by atoms with Crippen molar-refractivity contribution >= 4 is 45.2 Å². The van der Waals surface area contributed by atoms with Crippen molar-refractivity contribution in [1.29, 1.82) is 0 Å². The highest BCUT2D eigenvalue weighted by atomic mass is 32.1. The van der Waals surface area contributed by atoms with Crippen molar-refractivity contribution in [2.24, 2.45) is 0 Å². The van der Waals surface area contributed by atoms with Crippen LogP contribution in [0.15, 0.2) is 48.5 Å². The maximum absolute atomic E-state index is 12.3. The molecule has 4 rings (SSSR count). The van der Waals surface area contributed by atoms with E-state index in [9.17, 15) is 4.79 Å². The fourth-order valence-corrected chi connectivity index (χ4v) is 3.91. The van der Waals surface area contributed by atoms with Crippen LogP contribution in [-0.2, 0) is 0 Å². The van der Waals surface area contributed by atoms with Crippen LogP contribution in [0.3, 0.4) is 0 Å². The summed E-state index contributed by atoms with van der Waals surface area (Å²) in [6.45, 7) is 3.84. The number of hydrogen-bond acceptors (Lipinski definition) is 6. The number of thiocarbonyl (C=S) groups is 1. The molecule has 1 amide bonds. The molecular formula is C19H16N6OS2. The first-order chi connectivity index (χ1) is 13.5. The van der Waals surface area contributed by atoms with Gasteiger partial charge >= 0.3 is 0 Å². The van der Waals surface area contributed by atoms with Crippen LogP contribution in [0.1, 0.15) is 21.7 Å². The standard InChI is InChI=1S/C19H16N6OS2/c1-11-14(17-24-25-12(2)22-23-19(25)28-17)9-6-10-15(11)20-18(27)21-16(26)13-7-4-3-5-8-13/h3-10H,1-2H3,(H2,20,21,26,27). The maximum Gasteiger partial charge on any atom is 0.257 e. The number of aromatic nitrogens is 4. The molecule has 0 saturated carbocycles. The molecule has 0 radical (unpaired) electrons. The van der Waals surface area contributed by atoms with E-state index in [1.165, 1.54) is 11.3 Å². The molecule has 2 N–H and O–H groups in total. The minimum absolute atomic E-state index is 0.239. The van der Waals surface area contributed by atoms with E-state index < -0.39 is 0 Å². The third-order valence-electron chi connectivity index (χ3n) is 4.22. The molecule has 0 aliphatic carbocycles. The number of benzene rings is 2. The van der Waals surface area contributed by atoms with Crippen molar-refractivity contribution in [2.45, 2.75) is 13.8 Å². The van der Waals surface area contributed by atoms with Gasteiger partial charge in [0.15, 0.2) is 10.9 Å². The predicted molar refractivity (Wildman–Crippen MR) is 114 cm³/mol. The van der Waals surface area contributed by atoms with Crippen LogP contribution in [0, 0.1) is 13.8 Å². The van der Waals surface area contributed by atoms with Gasteiger partial charge in [-0.05, 0) is 49.8 Å². The number of rotatable bonds is 3. The van der Waals surface area contributed by atoms with E-state index in [-0.39, 0.29) is 11.0 Å². The summed E-state index contributed by atoms with van der Waals surface area (Å²) in [7, 11) is 0. The Morgan fingerprint density at radius 3 is 2.61 bits per heavy atom. The second-order valence-electron chi connectivity index (χ2n) is 6.10. The van der Waals surface area contributed by atoms with E-state index in [0.29, 0.717) is 5.56 Å². The number of aryl methyl sites for hydroxylation is 1. The van der Waals surface area contributed by atoms with Crippen LogP contribution >= 0.6 is 23.6 Å². The molecule has 0 fully saturated rings. The Morgan fingerprint density at radius 1 is 1.07 bits per heavy atom. The number of carbonyl (C=O) groups excluding carboxylic acids is 1. The SMILES string of the molecule is Cc1c(NC(=S)NC(=O)c2ccccc2)cccc1-c1nn2c(C)nnc2s1. The molecule has 0 bridgehead atoms. The van der Waals surface area contributed by atoms with Gasteiger partial charge in [-0.15, -0.1) is 10.2 Å². The summed E-state index contributed by atoms with van der Waals surface area (Å²) in [4.78, 5) is 13.0. The molecule has 7 nitrogen and oxygen atoms in total. The van der Waals surface area contributed by atoms with Gasteiger partial charge in [-0.3, -0.25) is 10.1 Å². The van der Waals surface area contributed by atoms with Gasteiger partial charge in [0, 0.05) is 16.8 Å². The number of fused-ring (bicyclic) bond motifs is 1. The zero-order chi connectivity index (χ0) is 19.7. The number of nitrogens with zero attached hydrogens (tertiary/aromatic N) is 4. The van der Waals surface area contributed by atoms with E-state index in [4.69, 9.17) is 12.2 Å². The fourth-order valence-electron chi connectivity index (χ4n) is 2.74. The predicted octanol–water partition coefficient (Wildman–Crippen LogP) is 3.60. The lowest BCUT2D eigenvalue weighted by atomic mass is 10.1. The third-order valence-corrected chi connectivity index (χ3v) is 5.36. The van der Waals surface area contributed by atoms with Crippen molar-refractivity contribution in [1.82, 2.24) is 25.1 Å². The number of nitrogens with one attached hydrogen (secondary N) is 2. The normalized spacial score (nSPS) is 10.8. The van der Waals surface area contributed by atoms with Gasteiger partial charge in [0.05, 0.1) is 0 Å². The average Bonchev–Trinajstić information content (AvgIpc) is 3.26. The molecule has 0 aliphatic heterocycles. The van der Waals surface area contributed by atoms with Crippen LogP contribution < -0.4 is 10.6 Å². The minimum atomic E-state index is -0.254. The second-order valence-corrected chi connectivity index (χ2v) is 7.47. The number of amides is 1. The Kier molecular flexibility index (Phi) is 4.84. The Bertz CT molecular complexity index is 1180. The highest BCUT2D eigenvalue weighted by Gasteiger charge is 2.15. The summed E-state index contributed by atoms with van der Waals surface area (Å²) in [6.07, 6.45) is 0. The zero-order valence-corrected chi connectivity index (χ0v) is 16.8. The second kappa shape index (κ2) is 7.45. The van der Waals surface area contributed by atoms with Gasteiger partial charge in [0.2, 0.25) is 4.96 Å². The summed E-state index contributed by atoms with van der Waals surface area (Å²) < 4.78 is 1.73. The molecule has 0 unspecified atom stereocenters. The molecule has 2 aromatic carbocycles. The molecule has 0 aliphatic rings. The van der Waals surface area contributed by atoms with Crippen molar-refractivity contribution < 1.29 is 4.79 Å². The highest BCUT2D eigenvalue weighted by molar-refractivity contribution is 7.80. The van der Waals surface area contributed by atoms with E-state index in [2.05, 4.69) is 25.9 Å². The van der Waals surface area contributed by atoms with Gasteiger partial charge in [-0.25, -0.2) is 0 Å². The van der Waals surface area contributed by atoms with Crippen LogP contribution in [0.2, 0.25) is 0 Å². The van der Waals surface area contributed by atoms with E-state index in [0.717, 1.165) is 32.6 Å². The molecule has 2 aromatic heterocycles. The van der Waals surface area contributed by atoms with E-state index >= 15 is 0 Å². The maximum atomic E-state index is 12.3. The Morgan fingerprint density at radius 2 is 1.86 bits per heavy atom. The molecule has 28 heavy (non-hydrogen) atoms. The number of anilines is 1. The topological polar surface area (TPSA) is 84.2 Å². The lowest BCUT2D eigenvalue weighted by molar-refractivity contribution is 0.0977. The number of hydrogen-bond donors (Lipinski definition) is 2. The summed E-state index contributed by atoms with van der Waals surface area (Å²) in [6, 6.07) is 14.8. The molecule has 0 atom stereocenters. The van der Waals surface area contributed by atoms with Gasteiger partial charge in [-0.1, -0.05) is 41.7 Å². The van der Waals surface area contributed by atoms with Crippen molar-refractivity contribution in [3.8, 4) is 10.6 Å². The molecule has 140 valence electrons. The monoisotopic (exact) mass is 408 g/mol. The Balaban J connectivity index is 1.55. The lowest BCUT2D eigenvalue weighted by Crippen LogP contribution is -2.34. The van der Waals surface area contributed by atoms with E-state index in [1.54, 1.807) is 28.8 Å². The van der Waals surface area contributed by atoms with Crippen LogP contribution in [0.5, 0.6) is 0 Å². The molecule has 2 heterocycles. The first-order valence-electron chi connectivity index (χ1n) is 8.49. The highest BCUT2D eigenvalue weighted by Crippen LogP contribution is 2.31.